The Labute approximate surface area is 188 Å². The highest BCUT2D eigenvalue weighted by atomic mass is 79.9. The molecule has 2 aromatic carbocycles. The van der Waals surface area contributed by atoms with Crippen molar-refractivity contribution in [2.45, 2.75) is 20.3 Å². The predicted molar refractivity (Wildman–Crippen MR) is 117 cm³/mol. The van der Waals surface area contributed by atoms with Gasteiger partial charge in [0.1, 0.15) is 11.5 Å². The van der Waals surface area contributed by atoms with Crippen LogP contribution in [0.15, 0.2) is 40.9 Å². The second-order valence-electron chi connectivity index (χ2n) is 6.54. The van der Waals surface area contributed by atoms with Crippen LogP contribution in [0.4, 0.5) is 0 Å². The molecule has 0 saturated heterocycles. The molecule has 0 spiro atoms. The van der Waals surface area contributed by atoms with E-state index < -0.39 is 11.8 Å². The molecular formula is C20H21BrCl2N2O4. The van der Waals surface area contributed by atoms with Crippen LogP contribution in [-0.2, 0) is 4.79 Å². The minimum atomic E-state index is -0.554. The van der Waals surface area contributed by atoms with E-state index in [0.717, 1.165) is 6.42 Å². The molecule has 29 heavy (non-hydrogen) atoms. The molecule has 2 aromatic rings. The first-order chi connectivity index (χ1) is 13.8. The minimum absolute atomic E-state index is 0.284. The van der Waals surface area contributed by atoms with Crippen LogP contribution in [0.1, 0.15) is 30.6 Å². The summed E-state index contributed by atoms with van der Waals surface area (Å²) in [6, 6.07) is 9.76. The van der Waals surface area contributed by atoms with Gasteiger partial charge in [0.2, 0.25) is 0 Å². The smallest absolute Gasteiger partial charge is 0.276 e. The third-order valence-corrected chi connectivity index (χ3v) is 4.73. The standard InChI is InChI=1S/C20H21BrCl2N2O4/c1-12(2)7-8-28-17-5-3-13(21)9-15(17)20(27)25-24-19(26)11-29-18-6-4-14(22)10-16(18)23/h3-6,9-10,12H,7-8,11H2,1-2H3,(H,24,26)(H,25,27). The molecule has 0 aromatic heterocycles. The summed E-state index contributed by atoms with van der Waals surface area (Å²) in [4.78, 5) is 24.5. The molecule has 0 fully saturated rings. The number of ether oxygens (including phenoxy) is 2. The number of amides is 2. The molecule has 0 unspecified atom stereocenters. The van der Waals surface area contributed by atoms with Crippen LogP contribution in [0.2, 0.25) is 10.0 Å². The van der Waals surface area contributed by atoms with Crippen molar-refractivity contribution >= 4 is 50.9 Å². The van der Waals surface area contributed by atoms with Crippen molar-refractivity contribution in [1.82, 2.24) is 10.9 Å². The SMILES string of the molecule is CC(C)CCOc1ccc(Br)cc1C(=O)NNC(=O)COc1ccc(Cl)cc1Cl. The summed E-state index contributed by atoms with van der Waals surface area (Å²) >= 11 is 15.1. The lowest BCUT2D eigenvalue weighted by Gasteiger charge is -2.14. The minimum Gasteiger partial charge on any atom is -0.493 e. The van der Waals surface area contributed by atoms with E-state index >= 15 is 0 Å². The van der Waals surface area contributed by atoms with E-state index in [-0.39, 0.29) is 11.6 Å². The van der Waals surface area contributed by atoms with Gasteiger partial charge in [-0.05, 0) is 48.7 Å². The van der Waals surface area contributed by atoms with Gasteiger partial charge in [-0.3, -0.25) is 20.4 Å². The lowest BCUT2D eigenvalue weighted by molar-refractivity contribution is -0.123. The van der Waals surface area contributed by atoms with Gasteiger partial charge < -0.3 is 9.47 Å². The highest BCUT2D eigenvalue weighted by Crippen LogP contribution is 2.27. The number of hydrogen-bond acceptors (Lipinski definition) is 4. The van der Waals surface area contributed by atoms with Crippen LogP contribution in [-0.4, -0.2) is 25.0 Å². The third-order valence-electron chi connectivity index (χ3n) is 3.71. The van der Waals surface area contributed by atoms with Gasteiger partial charge in [0.05, 0.1) is 17.2 Å². The Morgan fingerprint density at radius 3 is 2.45 bits per heavy atom. The summed E-state index contributed by atoms with van der Waals surface area (Å²) in [5.41, 5.74) is 4.95. The molecule has 2 rings (SSSR count). The fourth-order valence-electron chi connectivity index (χ4n) is 2.18. The Bertz CT molecular complexity index is 878. The van der Waals surface area contributed by atoms with Gasteiger partial charge in [0.15, 0.2) is 6.61 Å². The average molecular weight is 504 g/mol. The number of nitrogens with one attached hydrogen (secondary N) is 2. The Kier molecular flexibility index (Phi) is 9.07. The Morgan fingerprint density at radius 2 is 1.76 bits per heavy atom. The molecule has 6 nitrogen and oxygen atoms in total. The number of carbonyl (C=O) groups is 2. The van der Waals surface area contributed by atoms with Crippen molar-refractivity contribution in [2.24, 2.45) is 5.92 Å². The zero-order chi connectivity index (χ0) is 21.4. The first kappa shape index (κ1) is 23.3. The molecule has 0 atom stereocenters. The van der Waals surface area contributed by atoms with Crippen LogP contribution < -0.4 is 20.3 Å². The number of halogens is 3. The predicted octanol–water partition coefficient (Wildman–Crippen LogP) is 5.02. The van der Waals surface area contributed by atoms with Gasteiger partial charge in [0.25, 0.3) is 11.8 Å². The zero-order valence-electron chi connectivity index (χ0n) is 15.9. The van der Waals surface area contributed by atoms with E-state index in [9.17, 15) is 9.59 Å². The van der Waals surface area contributed by atoms with Crippen molar-refractivity contribution < 1.29 is 19.1 Å². The van der Waals surface area contributed by atoms with E-state index in [1.54, 1.807) is 30.3 Å². The van der Waals surface area contributed by atoms with Gasteiger partial charge in [-0.25, -0.2) is 0 Å². The molecule has 156 valence electrons. The molecule has 0 radical (unpaired) electrons. The quantitative estimate of drug-likeness (QED) is 0.496. The van der Waals surface area contributed by atoms with E-state index in [4.69, 9.17) is 32.7 Å². The highest BCUT2D eigenvalue weighted by Gasteiger charge is 2.15. The maximum atomic E-state index is 12.5. The van der Waals surface area contributed by atoms with E-state index in [2.05, 4.69) is 40.6 Å². The van der Waals surface area contributed by atoms with Crippen LogP contribution >= 0.6 is 39.1 Å². The molecule has 0 heterocycles. The van der Waals surface area contributed by atoms with Gasteiger partial charge in [0, 0.05) is 9.50 Å². The van der Waals surface area contributed by atoms with Gasteiger partial charge in [-0.15, -0.1) is 0 Å². The monoisotopic (exact) mass is 502 g/mol. The third kappa shape index (κ3) is 7.76. The van der Waals surface area contributed by atoms with E-state index in [1.165, 1.54) is 6.07 Å². The van der Waals surface area contributed by atoms with Crippen molar-refractivity contribution in [3.8, 4) is 11.5 Å². The first-order valence-electron chi connectivity index (χ1n) is 8.85. The summed E-state index contributed by atoms with van der Waals surface area (Å²) in [6.45, 7) is 4.33. The Balaban J connectivity index is 1.90. The van der Waals surface area contributed by atoms with Gasteiger partial charge in [-0.2, -0.15) is 0 Å². The Hall–Kier alpha value is -1.96. The van der Waals surface area contributed by atoms with Crippen LogP contribution in [0, 0.1) is 5.92 Å². The summed E-state index contributed by atoms with van der Waals surface area (Å²) in [5.74, 6) is 0.164. The second-order valence-corrected chi connectivity index (χ2v) is 8.30. The second kappa shape index (κ2) is 11.3. The van der Waals surface area contributed by atoms with Gasteiger partial charge >= 0.3 is 0 Å². The van der Waals surface area contributed by atoms with Gasteiger partial charge in [-0.1, -0.05) is 53.0 Å². The molecular weight excluding hydrogens is 483 g/mol. The van der Waals surface area contributed by atoms with E-state index in [0.29, 0.717) is 39.1 Å². The average Bonchev–Trinajstić information content (AvgIpc) is 2.66. The summed E-state index contributed by atoms with van der Waals surface area (Å²) in [6.07, 6.45) is 0.860. The molecule has 2 amide bonds. The first-order valence-corrected chi connectivity index (χ1v) is 10.4. The normalized spacial score (nSPS) is 10.6. The molecule has 0 bridgehead atoms. The molecule has 9 heteroatoms. The maximum absolute atomic E-state index is 12.5. The van der Waals surface area contributed by atoms with Crippen molar-refractivity contribution in [3.05, 3.63) is 56.5 Å². The summed E-state index contributed by atoms with van der Waals surface area (Å²) in [5, 5.41) is 0.742. The van der Waals surface area contributed by atoms with Crippen molar-refractivity contribution in [3.63, 3.8) is 0 Å². The lowest BCUT2D eigenvalue weighted by Crippen LogP contribution is -2.44. The topological polar surface area (TPSA) is 76.7 Å². The summed E-state index contributed by atoms with van der Waals surface area (Å²) in [7, 11) is 0. The molecule has 0 saturated carbocycles. The highest BCUT2D eigenvalue weighted by molar-refractivity contribution is 9.10. The van der Waals surface area contributed by atoms with E-state index in [1.807, 2.05) is 0 Å². The van der Waals surface area contributed by atoms with Crippen LogP contribution in [0.5, 0.6) is 11.5 Å². The molecule has 0 aliphatic heterocycles. The fraction of sp³-hybridized carbons (Fsp3) is 0.300. The molecule has 2 N–H and O–H groups in total. The Morgan fingerprint density at radius 1 is 1.03 bits per heavy atom. The number of carbonyl (C=O) groups excluding carboxylic acids is 2. The number of hydrogen-bond donors (Lipinski definition) is 2. The molecule has 0 aliphatic rings. The number of hydrazine groups is 1. The van der Waals surface area contributed by atoms with Crippen molar-refractivity contribution in [1.29, 1.82) is 0 Å². The number of rotatable bonds is 8. The number of benzene rings is 2. The fourth-order valence-corrected chi connectivity index (χ4v) is 3.00. The summed E-state index contributed by atoms with van der Waals surface area (Å²) < 4.78 is 11.8. The molecule has 0 aliphatic carbocycles. The lowest BCUT2D eigenvalue weighted by atomic mass is 10.1. The zero-order valence-corrected chi connectivity index (χ0v) is 19.0. The van der Waals surface area contributed by atoms with Crippen LogP contribution in [0.25, 0.3) is 0 Å². The maximum Gasteiger partial charge on any atom is 0.276 e. The van der Waals surface area contributed by atoms with Crippen LogP contribution in [0.3, 0.4) is 0 Å². The van der Waals surface area contributed by atoms with Crippen molar-refractivity contribution in [2.75, 3.05) is 13.2 Å². The largest absolute Gasteiger partial charge is 0.493 e.